The lowest BCUT2D eigenvalue weighted by Gasteiger charge is -2.19. The molecule has 100 valence electrons. The van der Waals surface area contributed by atoms with Crippen LogP contribution in [0, 0.1) is 0 Å². The quantitative estimate of drug-likeness (QED) is 0.689. The van der Waals surface area contributed by atoms with Gasteiger partial charge < -0.3 is 20.4 Å². The standard InChI is InChI=1S/C13H20N2O3/c1-4-15(3)13(18)8-14-9(2)11-7-10(16)5-6-12(11)17/h5-7,9,14,16-17H,4,8H2,1-3H3. The number of carbonyl (C=O) groups excluding carboxylic acids is 1. The van der Waals surface area contributed by atoms with E-state index >= 15 is 0 Å². The normalized spacial score (nSPS) is 12.2. The summed E-state index contributed by atoms with van der Waals surface area (Å²) in [6.45, 7) is 4.59. The van der Waals surface area contributed by atoms with Crippen LogP contribution >= 0.6 is 0 Å². The van der Waals surface area contributed by atoms with Crippen molar-refractivity contribution < 1.29 is 15.0 Å². The molecular formula is C13H20N2O3. The van der Waals surface area contributed by atoms with E-state index in [0.717, 1.165) is 0 Å². The maximum absolute atomic E-state index is 11.6. The number of likely N-dealkylation sites (N-methyl/N-ethyl adjacent to an activating group) is 1. The Labute approximate surface area is 107 Å². The number of phenols is 2. The van der Waals surface area contributed by atoms with Crippen LogP contribution in [0.1, 0.15) is 25.5 Å². The van der Waals surface area contributed by atoms with Crippen molar-refractivity contribution in [2.45, 2.75) is 19.9 Å². The largest absolute Gasteiger partial charge is 0.508 e. The van der Waals surface area contributed by atoms with Crippen molar-refractivity contribution in [1.29, 1.82) is 0 Å². The molecule has 0 aliphatic heterocycles. The van der Waals surface area contributed by atoms with Crippen molar-refractivity contribution in [3.05, 3.63) is 23.8 Å². The third-order valence-electron chi connectivity index (χ3n) is 2.94. The third kappa shape index (κ3) is 3.63. The predicted molar refractivity (Wildman–Crippen MR) is 69.5 cm³/mol. The van der Waals surface area contributed by atoms with Gasteiger partial charge in [-0.1, -0.05) is 0 Å². The summed E-state index contributed by atoms with van der Waals surface area (Å²) in [6, 6.07) is 4.12. The monoisotopic (exact) mass is 252 g/mol. The molecule has 1 aromatic rings. The van der Waals surface area contributed by atoms with E-state index in [1.54, 1.807) is 11.9 Å². The Balaban J connectivity index is 2.63. The van der Waals surface area contributed by atoms with Gasteiger partial charge in [-0.25, -0.2) is 0 Å². The molecule has 5 heteroatoms. The van der Waals surface area contributed by atoms with E-state index in [2.05, 4.69) is 5.32 Å². The molecule has 0 bridgehead atoms. The van der Waals surface area contributed by atoms with Crippen molar-refractivity contribution >= 4 is 5.91 Å². The molecule has 0 saturated carbocycles. The van der Waals surface area contributed by atoms with Gasteiger partial charge in [0.25, 0.3) is 0 Å². The lowest BCUT2D eigenvalue weighted by Crippen LogP contribution is -2.36. The van der Waals surface area contributed by atoms with E-state index < -0.39 is 0 Å². The second-order valence-electron chi connectivity index (χ2n) is 4.25. The third-order valence-corrected chi connectivity index (χ3v) is 2.94. The second-order valence-corrected chi connectivity index (χ2v) is 4.25. The highest BCUT2D eigenvalue weighted by Crippen LogP contribution is 2.27. The van der Waals surface area contributed by atoms with Crippen molar-refractivity contribution in [3.8, 4) is 11.5 Å². The molecule has 1 atom stereocenters. The number of carbonyl (C=O) groups is 1. The average molecular weight is 252 g/mol. The van der Waals surface area contributed by atoms with Crippen LogP contribution < -0.4 is 5.32 Å². The van der Waals surface area contributed by atoms with Crippen LogP contribution in [0.3, 0.4) is 0 Å². The molecule has 18 heavy (non-hydrogen) atoms. The van der Waals surface area contributed by atoms with Gasteiger partial charge in [0.15, 0.2) is 0 Å². The molecule has 0 spiro atoms. The molecular weight excluding hydrogens is 232 g/mol. The Morgan fingerprint density at radius 1 is 1.44 bits per heavy atom. The molecule has 1 aromatic carbocycles. The second kappa shape index (κ2) is 6.26. The highest BCUT2D eigenvalue weighted by molar-refractivity contribution is 5.77. The first-order valence-electron chi connectivity index (χ1n) is 5.95. The van der Waals surface area contributed by atoms with Gasteiger partial charge in [-0.05, 0) is 32.0 Å². The molecule has 0 aliphatic rings. The highest BCUT2D eigenvalue weighted by Gasteiger charge is 2.13. The van der Waals surface area contributed by atoms with Gasteiger partial charge in [-0.3, -0.25) is 4.79 Å². The molecule has 3 N–H and O–H groups in total. The van der Waals surface area contributed by atoms with Crippen LogP contribution in [0.4, 0.5) is 0 Å². The van der Waals surface area contributed by atoms with Gasteiger partial charge in [0, 0.05) is 25.2 Å². The van der Waals surface area contributed by atoms with E-state index in [1.807, 2.05) is 13.8 Å². The fourth-order valence-electron chi connectivity index (χ4n) is 1.55. The topological polar surface area (TPSA) is 72.8 Å². The predicted octanol–water partition coefficient (Wildman–Crippen LogP) is 1.23. The van der Waals surface area contributed by atoms with Crippen LogP contribution in [-0.2, 0) is 4.79 Å². The van der Waals surface area contributed by atoms with E-state index in [0.29, 0.717) is 12.1 Å². The van der Waals surface area contributed by atoms with E-state index in [9.17, 15) is 15.0 Å². The first-order valence-corrected chi connectivity index (χ1v) is 5.95. The van der Waals surface area contributed by atoms with Crippen molar-refractivity contribution in [3.63, 3.8) is 0 Å². The fraction of sp³-hybridized carbons (Fsp3) is 0.462. The lowest BCUT2D eigenvalue weighted by atomic mass is 10.1. The van der Waals surface area contributed by atoms with Crippen LogP contribution in [0.2, 0.25) is 0 Å². The Bertz CT molecular complexity index is 421. The number of hydrogen-bond acceptors (Lipinski definition) is 4. The minimum absolute atomic E-state index is 0.0102. The number of hydrogen-bond donors (Lipinski definition) is 3. The maximum atomic E-state index is 11.6. The summed E-state index contributed by atoms with van der Waals surface area (Å²) in [4.78, 5) is 13.2. The smallest absolute Gasteiger partial charge is 0.236 e. The van der Waals surface area contributed by atoms with E-state index in [4.69, 9.17) is 0 Å². The summed E-state index contributed by atoms with van der Waals surface area (Å²) in [5.74, 6) is 0.182. The molecule has 1 rings (SSSR count). The SMILES string of the molecule is CCN(C)C(=O)CNC(C)c1cc(O)ccc1O. The fourth-order valence-corrected chi connectivity index (χ4v) is 1.55. The number of phenolic OH excluding ortho intramolecular Hbond substituents is 2. The van der Waals surface area contributed by atoms with Crippen molar-refractivity contribution in [2.24, 2.45) is 0 Å². The maximum Gasteiger partial charge on any atom is 0.236 e. The number of nitrogens with zero attached hydrogens (tertiary/aromatic N) is 1. The van der Waals surface area contributed by atoms with Crippen molar-refractivity contribution in [1.82, 2.24) is 10.2 Å². The van der Waals surface area contributed by atoms with E-state index in [1.165, 1.54) is 18.2 Å². The minimum atomic E-state index is -0.216. The Morgan fingerprint density at radius 2 is 2.11 bits per heavy atom. The highest BCUT2D eigenvalue weighted by atomic mass is 16.3. The van der Waals surface area contributed by atoms with Crippen LogP contribution in [0.15, 0.2) is 18.2 Å². The molecule has 1 amide bonds. The molecule has 0 aliphatic carbocycles. The molecule has 5 nitrogen and oxygen atoms in total. The van der Waals surface area contributed by atoms with Crippen LogP contribution in [0.25, 0.3) is 0 Å². The van der Waals surface area contributed by atoms with Crippen LogP contribution in [0.5, 0.6) is 11.5 Å². The molecule has 1 unspecified atom stereocenters. The molecule has 0 saturated heterocycles. The van der Waals surface area contributed by atoms with Gasteiger partial charge >= 0.3 is 0 Å². The Hall–Kier alpha value is -1.75. The van der Waals surface area contributed by atoms with Gasteiger partial charge in [0.05, 0.1) is 6.54 Å². The van der Waals surface area contributed by atoms with E-state index in [-0.39, 0.29) is 30.0 Å². The first-order chi connectivity index (χ1) is 8.45. The summed E-state index contributed by atoms with van der Waals surface area (Å²) in [6.07, 6.45) is 0. The van der Waals surface area contributed by atoms with Gasteiger partial charge in [-0.15, -0.1) is 0 Å². The molecule has 0 radical (unpaired) electrons. The zero-order valence-electron chi connectivity index (χ0n) is 11.0. The Kier molecular flexibility index (Phi) is 4.97. The molecule has 0 fully saturated rings. The average Bonchev–Trinajstić information content (AvgIpc) is 2.37. The number of aromatic hydroxyl groups is 2. The van der Waals surface area contributed by atoms with Crippen molar-refractivity contribution in [2.75, 3.05) is 20.1 Å². The number of amides is 1. The Morgan fingerprint density at radius 3 is 2.72 bits per heavy atom. The molecule has 0 heterocycles. The summed E-state index contributed by atoms with van der Waals surface area (Å²) >= 11 is 0. The minimum Gasteiger partial charge on any atom is -0.508 e. The number of benzene rings is 1. The summed E-state index contributed by atoms with van der Waals surface area (Å²) < 4.78 is 0. The zero-order valence-corrected chi connectivity index (χ0v) is 11.0. The molecule has 0 aromatic heterocycles. The zero-order chi connectivity index (χ0) is 13.7. The first kappa shape index (κ1) is 14.3. The number of nitrogens with one attached hydrogen (secondary N) is 1. The summed E-state index contributed by atoms with van der Waals surface area (Å²) in [7, 11) is 1.74. The lowest BCUT2D eigenvalue weighted by molar-refractivity contribution is -0.128. The van der Waals surface area contributed by atoms with Gasteiger partial charge in [-0.2, -0.15) is 0 Å². The number of rotatable bonds is 5. The summed E-state index contributed by atoms with van der Waals surface area (Å²) in [5, 5.41) is 22.1. The van der Waals surface area contributed by atoms with Gasteiger partial charge in [0.2, 0.25) is 5.91 Å². The van der Waals surface area contributed by atoms with Crippen LogP contribution in [-0.4, -0.2) is 41.2 Å². The summed E-state index contributed by atoms with van der Waals surface area (Å²) in [5.41, 5.74) is 0.571. The van der Waals surface area contributed by atoms with Gasteiger partial charge in [0.1, 0.15) is 11.5 Å².